The van der Waals surface area contributed by atoms with Gasteiger partial charge in [-0.2, -0.15) is 5.10 Å². The van der Waals surface area contributed by atoms with Gasteiger partial charge < -0.3 is 19.3 Å². The van der Waals surface area contributed by atoms with E-state index in [-0.39, 0.29) is 24.5 Å². The lowest BCUT2D eigenvalue weighted by Crippen LogP contribution is -2.43. The summed E-state index contributed by atoms with van der Waals surface area (Å²) in [4.78, 5) is 28.3. The van der Waals surface area contributed by atoms with Crippen molar-refractivity contribution in [1.82, 2.24) is 20.0 Å². The van der Waals surface area contributed by atoms with Gasteiger partial charge in [-0.3, -0.25) is 14.7 Å². The first-order chi connectivity index (χ1) is 14.1. The fourth-order valence-corrected chi connectivity index (χ4v) is 3.88. The summed E-state index contributed by atoms with van der Waals surface area (Å²) in [7, 11) is 1.53. The molecule has 0 aliphatic carbocycles. The number of aromatic nitrogens is 2. The van der Waals surface area contributed by atoms with Gasteiger partial charge in [-0.15, -0.1) is 0 Å². The molecule has 1 aromatic carbocycles. The van der Waals surface area contributed by atoms with Crippen LogP contribution >= 0.6 is 0 Å². The first kappa shape index (κ1) is 19.4. The van der Waals surface area contributed by atoms with E-state index in [9.17, 15) is 9.59 Å². The van der Waals surface area contributed by atoms with Crippen molar-refractivity contribution in [3.8, 4) is 5.75 Å². The minimum atomic E-state index is 0.0216. The fourth-order valence-electron chi connectivity index (χ4n) is 3.88. The van der Waals surface area contributed by atoms with E-state index in [0.29, 0.717) is 31.7 Å². The van der Waals surface area contributed by atoms with Gasteiger partial charge in [0.1, 0.15) is 18.5 Å². The van der Waals surface area contributed by atoms with Crippen molar-refractivity contribution in [3.63, 3.8) is 0 Å². The summed E-state index contributed by atoms with van der Waals surface area (Å²) >= 11 is 0. The number of benzene rings is 1. The van der Waals surface area contributed by atoms with E-state index in [2.05, 4.69) is 10.2 Å². The van der Waals surface area contributed by atoms with Crippen LogP contribution in [0.1, 0.15) is 34.5 Å². The Balaban J connectivity index is 1.30. The van der Waals surface area contributed by atoms with Crippen LogP contribution in [0, 0.1) is 0 Å². The van der Waals surface area contributed by atoms with Gasteiger partial charge in [0.2, 0.25) is 5.91 Å². The summed E-state index contributed by atoms with van der Waals surface area (Å²) in [5, 5.41) is 7.04. The number of nitrogens with one attached hydrogen (secondary N) is 1. The van der Waals surface area contributed by atoms with Crippen LogP contribution in [0.2, 0.25) is 0 Å². The molecule has 154 valence electrons. The molecular weight excluding hydrogens is 372 g/mol. The van der Waals surface area contributed by atoms with Crippen molar-refractivity contribution in [3.05, 3.63) is 47.3 Å². The van der Waals surface area contributed by atoms with E-state index in [1.54, 1.807) is 6.20 Å². The molecule has 2 amide bonds. The Morgan fingerprint density at radius 1 is 1.14 bits per heavy atom. The zero-order valence-electron chi connectivity index (χ0n) is 16.6. The van der Waals surface area contributed by atoms with Gasteiger partial charge >= 0.3 is 0 Å². The van der Waals surface area contributed by atoms with Crippen LogP contribution in [-0.2, 0) is 22.5 Å². The molecule has 0 atom stereocenters. The molecule has 1 fully saturated rings. The number of piperidine rings is 1. The third-order valence-electron chi connectivity index (χ3n) is 5.55. The zero-order chi connectivity index (χ0) is 20.2. The number of carbonyl (C=O) groups is 2. The van der Waals surface area contributed by atoms with E-state index in [1.165, 1.54) is 7.11 Å². The Hall–Kier alpha value is -2.87. The van der Waals surface area contributed by atoms with Crippen LogP contribution in [0.4, 0.5) is 0 Å². The Morgan fingerprint density at radius 3 is 2.62 bits per heavy atom. The lowest BCUT2D eigenvalue weighted by atomic mass is 10.1. The highest BCUT2D eigenvalue weighted by molar-refractivity contribution is 5.94. The van der Waals surface area contributed by atoms with Gasteiger partial charge in [0, 0.05) is 69.4 Å². The van der Waals surface area contributed by atoms with E-state index in [4.69, 9.17) is 9.47 Å². The predicted octanol–water partition coefficient (Wildman–Crippen LogP) is 1.62. The standard InChI is InChI=1S/C21H26N4O4/c1-28-14-20(26)24-9-6-18(7-10-24)29-17-4-2-15(3-5-17)21(27)25-11-8-19-16(13-25)12-22-23-19/h2-5,12,18H,6-11,13-14H2,1H3,(H,22,23). The van der Waals surface area contributed by atoms with E-state index < -0.39 is 0 Å². The van der Waals surface area contributed by atoms with Crippen LogP contribution in [0.15, 0.2) is 30.5 Å². The minimum absolute atomic E-state index is 0.0216. The second-order valence-electron chi connectivity index (χ2n) is 7.51. The van der Waals surface area contributed by atoms with E-state index in [0.717, 1.165) is 36.3 Å². The van der Waals surface area contributed by atoms with E-state index in [1.807, 2.05) is 34.1 Å². The number of likely N-dealkylation sites (tertiary alicyclic amines) is 1. The number of hydrogen-bond donors (Lipinski definition) is 1. The molecule has 1 aromatic heterocycles. The summed E-state index contributed by atoms with van der Waals surface area (Å²) in [5.41, 5.74) is 2.86. The molecule has 0 spiro atoms. The van der Waals surface area contributed by atoms with Crippen molar-refractivity contribution in [1.29, 1.82) is 0 Å². The third-order valence-corrected chi connectivity index (χ3v) is 5.55. The Morgan fingerprint density at radius 2 is 1.90 bits per heavy atom. The Bertz CT molecular complexity index is 856. The predicted molar refractivity (Wildman–Crippen MR) is 106 cm³/mol. The molecular formula is C21H26N4O4. The number of nitrogens with zero attached hydrogens (tertiary/aromatic N) is 3. The average Bonchev–Trinajstić information content (AvgIpc) is 3.22. The quantitative estimate of drug-likeness (QED) is 0.827. The Kier molecular flexibility index (Phi) is 5.80. The maximum atomic E-state index is 12.8. The highest BCUT2D eigenvalue weighted by Crippen LogP contribution is 2.22. The first-order valence-corrected chi connectivity index (χ1v) is 9.98. The highest BCUT2D eigenvalue weighted by atomic mass is 16.5. The SMILES string of the molecule is COCC(=O)N1CCC(Oc2ccc(C(=O)N3CCc4[nH]ncc4C3)cc2)CC1. The average molecular weight is 398 g/mol. The van der Waals surface area contributed by atoms with Crippen molar-refractivity contribution in [2.75, 3.05) is 33.4 Å². The van der Waals surface area contributed by atoms with Gasteiger partial charge in [0.05, 0.1) is 6.20 Å². The molecule has 4 rings (SSSR count). The number of carbonyl (C=O) groups excluding carboxylic acids is 2. The van der Waals surface area contributed by atoms with Crippen LogP contribution in [0.25, 0.3) is 0 Å². The summed E-state index contributed by atoms with van der Waals surface area (Å²) in [6.07, 6.45) is 4.24. The molecule has 8 nitrogen and oxygen atoms in total. The second kappa shape index (κ2) is 8.65. The van der Waals surface area contributed by atoms with Crippen molar-refractivity contribution >= 4 is 11.8 Å². The lowest BCUT2D eigenvalue weighted by Gasteiger charge is -2.32. The molecule has 2 aliphatic rings. The van der Waals surface area contributed by atoms with Crippen molar-refractivity contribution < 1.29 is 19.1 Å². The summed E-state index contributed by atoms with van der Waals surface area (Å²) in [5.74, 6) is 0.793. The summed E-state index contributed by atoms with van der Waals surface area (Å²) < 4.78 is 11.0. The van der Waals surface area contributed by atoms with E-state index >= 15 is 0 Å². The smallest absolute Gasteiger partial charge is 0.254 e. The number of amides is 2. The molecule has 1 N–H and O–H groups in total. The maximum Gasteiger partial charge on any atom is 0.254 e. The van der Waals surface area contributed by atoms with Gasteiger partial charge in [-0.05, 0) is 24.3 Å². The number of hydrogen-bond acceptors (Lipinski definition) is 5. The third kappa shape index (κ3) is 4.42. The summed E-state index contributed by atoms with van der Waals surface area (Å²) in [6, 6.07) is 7.34. The van der Waals surface area contributed by atoms with Gasteiger partial charge in [-0.25, -0.2) is 0 Å². The number of aromatic amines is 1. The number of methoxy groups -OCH3 is 1. The van der Waals surface area contributed by atoms with Crippen LogP contribution < -0.4 is 4.74 Å². The van der Waals surface area contributed by atoms with Crippen LogP contribution in [-0.4, -0.2) is 71.3 Å². The molecule has 0 saturated carbocycles. The maximum absolute atomic E-state index is 12.8. The minimum Gasteiger partial charge on any atom is -0.490 e. The van der Waals surface area contributed by atoms with Gasteiger partial charge in [0.15, 0.2) is 0 Å². The van der Waals surface area contributed by atoms with Crippen LogP contribution in [0.3, 0.4) is 0 Å². The molecule has 8 heteroatoms. The molecule has 0 unspecified atom stereocenters. The Labute approximate surface area is 169 Å². The molecule has 29 heavy (non-hydrogen) atoms. The van der Waals surface area contributed by atoms with Crippen LogP contribution in [0.5, 0.6) is 5.75 Å². The highest BCUT2D eigenvalue weighted by Gasteiger charge is 2.25. The van der Waals surface area contributed by atoms with Crippen molar-refractivity contribution in [2.24, 2.45) is 0 Å². The van der Waals surface area contributed by atoms with Gasteiger partial charge in [-0.1, -0.05) is 0 Å². The number of H-pyrrole nitrogens is 1. The second-order valence-corrected chi connectivity index (χ2v) is 7.51. The molecule has 1 saturated heterocycles. The lowest BCUT2D eigenvalue weighted by molar-refractivity contribution is -0.136. The number of ether oxygens (including phenoxy) is 2. The summed E-state index contributed by atoms with van der Waals surface area (Å²) in [6.45, 7) is 2.75. The fraction of sp³-hybridized carbons (Fsp3) is 0.476. The van der Waals surface area contributed by atoms with Crippen molar-refractivity contribution in [2.45, 2.75) is 31.9 Å². The molecule has 0 radical (unpaired) electrons. The molecule has 3 heterocycles. The normalized spacial score (nSPS) is 17.1. The first-order valence-electron chi connectivity index (χ1n) is 9.98. The van der Waals surface area contributed by atoms with Gasteiger partial charge in [0.25, 0.3) is 5.91 Å². The number of rotatable bonds is 5. The topological polar surface area (TPSA) is 87.8 Å². The molecule has 2 aliphatic heterocycles. The zero-order valence-corrected chi connectivity index (χ0v) is 16.6. The monoisotopic (exact) mass is 398 g/mol. The molecule has 0 bridgehead atoms. The largest absolute Gasteiger partial charge is 0.490 e. The number of fused-ring (bicyclic) bond motifs is 1. The molecule has 2 aromatic rings.